The van der Waals surface area contributed by atoms with Crippen LogP contribution in [0.25, 0.3) is 0 Å². The standard InChI is InChI=1S/C11H22N2O2S/c1-11(2,9-3-4-9)13-16(14,15)10-5-7-12-8-6-10/h9-10,12-13H,3-8H2,1-2H3. The average molecular weight is 246 g/mol. The third-order valence-corrected chi connectivity index (χ3v) is 5.89. The number of hydrogen-bond acceptors (Lipinski definition) is 3. The Hall–Kier alpha value is -0.130. The molecule has 0 aromatic carbocycles. The number of piperidine rings is 1. The van der Waals surface area contributed by atoms with Crippen molar-refractivity contribution < 1.29 is 8.42 Å². The Morgan fingerprint density at radius 1 is 1.12 bits per heavy atom. The van der Waals surface area contributed by atoms with Crippen LogP contribution in [0.3, 0.4) is 0 Å². The first-order valence-electron chi connectivity index (χ1n) is 6.15. The van der Waals surface area contributed by atoms with Crippen LogP contribution < -0.4 is 10.0 Å². The molecular formula is C11H22N2O2S. The van der Waals surface area contributed by atoms with Crippen molar-refractivity contribution in [2.45, 2.75) is 50.3 Å². The van der Waals surface area contributed by atoms with Gasteiger partial charge in [0.15, 0.2) is 0 Å². The molecule has 0 bridgehead atoms. The molecule has 0 unspecified atom stereocenters. The first-order chi connectivity index (χ1) is 7.42. The van der Waals surface area contributed by atoms with Gasteiger partial charge in [-0.3, -0.25) is 0 Å². The molecule has 94 valence electrons. The summed E-state index contributed by atoms with van der Waals surface area (Å²) >= 11 is 0. The SMILES string of the molecule is CC(C)(NS(=O)(=O)C1CCNCC1)C1CC1. The van der Waals surface area contributed by atoms with Crippen molar-refractivity contribution in [3.05, 3.63) is 0 Å². The van der Waals surface area contributed by atoms with E-state index in [4.69, 9.17) is 0 Å². The fraction of sp³-hybridized carbons (Fsp3) is 1.00. The van der Waals surface area contributed by atoms with Gasteiger partial charge in [0.1, 0.15) is 0 Å². The van der Waals surface area contributed by atoms with Gasteiger partial charge in [0.2, 0.25) is 10.0 Å². The molecule has 0 aromatic heterocycles. The van der Waals surface area contributed by atoms with Crippen molar-refractivity contribution in [3.63, 3.8) is 0 Å². The second-order valence-electron chi connectivity index (χ2n) is 5.59. The first kappa shape index (κ1) is 12.3. The molecule has 2 N–H and O–H groups in total. The topological polar surface area (TPSA) is 58.2 Å². The molecule has 2 aliphatic rings. The highest BCUT2D eigenvalue weighted by atomic mass is 32.2. The van der Waals surface area contributed by atoms with Gasteiger partial charge in [-0.2, -0.15) is 0 Å². The predicted octanol–water partition coefficient (Wildman–Crippen LogP) is 0.846. The highest BCUT2D eigenvalue weighted by molar-refractivity contribution is 7.90. The number of nitrogens with one attached hydrogen (secondary N) is 2. The van der Waals surface area contributed by atoms with Gasteiger partial charge in [0, 0.05) is 5.54 Å². The van der Waals surface area contributed by atoms with E-state index in [-0.39, 0.29) is 10.8 Å². The lowest BCUT2D eigenvalue weighted by molar-refractivity contribution is 0.391. The zero-order chi connectivity index (χ0) is 11.8. The molecule has 1 saturated carbocycles. The van der Waals surface area contributed by atoms with E-state index in [0.717, 1.165) is 38.8 Å². The minimum absolute atomic E-state index is 0.202. The van der Waals surface area contributed by atoms with E-state index >= 15 is 0 Å². The van der Waals surface area contributed by atoms with E-state index in [1.165, 1.54) is 0 Å². The Morgan fingerprint density at radius 3 is 2.19 bits per heavy atom. The molecule has 1 heterocycles. The second-order valence-corrected chi connectivity index (χ2v) is 7.55. The monoisotopic (exact) mass is 246 g/mol. The Morgan fingerprint density at radius 2 is 1.69 bits per heavy atom. The lowest BCUT2D eigenvalue weighted by Crippen LogP contribution is -2.50. The minimum atomic E-state index is -3.14. The van der Waals surface area contributed by atoms with Crippen molar-refractivity contribution >= 4 is 10.0 Å². The van der Waals surface area contributed by atoms with E-state index in [1.807, 2.05) is 13.8 Å². The molecule has 0 radical (unpaired) electrons. The Bertz CT molecular complexity index is 341. The molecular weight excluding hydrogens is 224 g/mol. The smallest absolute Gasteiger partial charge is 0.215 e. The molecule has 0 aromatic rings. The van der Waals surface area contributed by atoms with Gasteiger partial charge >= 0.3 is 0 Å². The van der Waals surface area contributed by atoms with Crippen LogP contribution in [0, 0.1) is 5.92 Å². The van der Waals surface area contributed by atoms with Crippen molar-refractivity contribution in [2.24, 2.45) is 5.92 Å². The van der Waals surface area contributed by atoms with Gasteiger partial charge in [-0.1, -0.05) is 0 Å². The lowest BCUT2D eigenvalue weighted by Gasteiger charge is -2.30. The van der Waals surface area contributed by atoms with E-state index in [2.05, 4.69) is 10.0 Å². The highest BCUT2D eigenvalue weighted by Crippen LogP contribution is 2.39. The second kappa shape index (κ2) is 4.27. The van der Waals surface area contributed by atoms with Crippen LogP contribution in [0.4, 0.5) is 0 Å². The summed E-state index contributed by atoms with van der Waals surface area (Å²) < 4.78 is 27.3. The summed E-state index contributed by atoms with van der Waals surface area (Å²) in [5.41, 5.74) is -0.260. The summed E-state index contributed by atoms with van der Waals surface area (Å²) in [6, 6.07) is 0. The van der Waals surface area contributed by atoms with Crippen LogP contribution in [-0.2, 0) is 10.0 Å². The average Bonchev–Trinajstić information content (AvgIpc) is 3.00. The summed E-state index contributed by atoms with van der Waals surface area (Å²) in [6.45, 7) is 5.64. The van der Waals surface area contributed by atoms with Crippen LogP contribution >= 0.6 is 0 Å². The molecule has 0 spiro atoms. The van der Waals surface area contributed by atoms with Crippen molar-refractivity contribution in [1.29, 1.82) is 0 Å². The predicted molar refractivity (Wildman–Crippen MR) is 64.8 cm³/mol. The van der Waals surface area contributed by atoms with Gasteiger partial charge in [-0.05, 0) is 58.5 Å². The largest absolute Gasteiger partial charge is 0.317 e. The summed E-state index contributed by atoms with van der Waals surface area (Å²) in [7, 11) is -3.14. The van der Waals surface area contributed by atoms with Crippen LogP contribution in [-0.4, -0.2) is 32.3 Å². The van der Waals surface area contributed by atoms with Crippen molar-refractivity contribution in [1.82, 2.24) is 10.0 Å². The number of hydrogen-bond donors (Lipinski definition) is 2. The maximum Gasteiger partial charge on any atom is 0.215 e. The minimum Gasteiger partial charge on any atom is -0.317 e. The van der Waals surface area contributed by atoms with E-state index in [9.17, 15) is 8.42 Å². The summed E-state index contributed by atoms with van der Waals surface area (Å²) in [6.07, 6.45) is 3.77. The maximum atomic E-state index is 12.2. The molecule has 5 heteroatoms. The molecule has 16 heavy (non-hydrogen) atoms. The van der Waals surface area contributed by atoms with Crippen molar-refractivity contribution in [2.75, 3.05) is 13.1 Å². The quantitative estimate of drug-likeness (QED) is 0.773. The van der Waals surface area contributed by atoms with E-state index < -0.39 is 10.0 Å². The van der Waals surface area contributed by atoms with E-state index in [0.29, 0.717) is 5.92 Å². The number of sulfonamides is 1. The molecule has 1 aliphatic heterocycles. The summed E-state index contributed by atoms with van der Waals surface area (Å²) in [4.78, 5) is 0. The fourth-order valence-electron chi connectivity index (χ4n) is 2.44. The van der Waals surface area contributed by atoms with Crippen LogP contribution in [0.5, 0.6) is 0 Å². The van der Waals surface area contributed by atoms with Crippen LogP contribution in [0.15, 0.2) is 0 Å². The molecule has 2 rings (SSSR count). The molecule has 4 nitrogen and oxygen atoms in total. The molecule has 2 fully saturated rings. The third kappa shape index (κ3) is 2.76. The lowest BCUT2D eigenvalue weighted by atomic mass is 10.0. The zero-order valence-corrected chi connectivity index (χ0v) is 10.9. The van der Waals surface area contributed by atoms with E-state index in [1.54, 1.807) is 0 Å². The normalized spacial score (nSPS) is 24.6. The highest BCUT2D eigenvalue weighted by Gasteiger charge is 2.42. The van der Waals surface area contributed by atoms with Gasteiger partial charge in [-0.15, -0.1) is 0 Å². The Kier molecular flexibility index (Phi) is 3.29. The fourth-order valence-corrected chi connectivity index (χ4v) is 4.37. The third-order valence-electron chi connectivity index (χ3n) is 3.73. The Labute approximate surface area is 98.2 Å². The molecule has 1 saturated heterocycles. The maximum absolute atomic E-state index is 12.2. The summed E-state index contributed by atoms with van der Waals surface area (Å²) in [5, 5.41) is 2.99. The van der Waals surface area contributed by atoms with Crippen molar-refractivity contribution in [3.8, 4) is 0 Å². The molecule has 1 aliphatic carbocycles. The Balaban J connectivity index is 2.00. The number of rotatable bonds is 4. The molecule has 0 amide bonds. The van der Waals surface area contributed by atoms with Crippen LogP contribution in [0.2, 0.25) is 0 Å². The van der Waals surface area contributed by atoms with Gasteiger partial charge in [0.25, 0.3) is 0 Å². The molecule has 0 atom stereocenters. The zero-order valence-electron chi connectivity index (χ0n) is 10.1. The summed E-state index contributed by atoms with van der Waals surface area (Å²) in [5.74, 6) is 0.531. The van der Waals surface area contributed by atoms with Crippen LogP contribution in [0.1, 0.15) is 39.5 Å². The first-order valence-corrected chi connectivity index (χ1v) is 7.70. The van der Waals surface area contributed by atoms with Gasteiger partial charge in [0.05, 0.1) is 5.25 Å². The van der Waals surface area contributed by atoms with Gasteiger partial charge < -0.3 is 5.32 Å². The van der Waals surface area contributed by atoms with Gasteiger partial charge in [-0.25, -0.2) is 13.1 Å².